The number of rotatable bonds is 3. The molecule has 1 unspecified atom stereocenters. The van der Waals surface area contributed by atoms with E-state index in [1.165, 1.54) is 24.2 Å². The molecular weight excluding hydrogens is 238 g/mol. The number of carboxylic acid groups (broad SMARTS) is 1. The maximum absolute atomic E-state index is 11.1. The molecule has 92 valence electrons. The molecule has 2 fully saturated rings. The summed E-state index contributed by atoms with van der Waals surface area (Å²) in [5, 5.41) is 21.5. The predicted octanol–water partition coefficient (Wildman–Crippen LogP) is 1.50. The van der Waals surface area contributed by atoms with Crippen molar-refractivity contribution in [1.29, 1.82) is 0 Å². The number of nitrogens with zero attached hydrogens (tertiary/aromatic N) is 1. The Morgan fingerprint density at radius 2 is 2.29 bits per heavy atom. The third kappa shape index (κ3) is 1.88. The second kappa shape index (κ2) is 3.80. The summed E-state index contributed by atoms with van der Waals surface area (Å²) in [6.45, 7) is 1.45. The monoisotopic (exact) mass is 253 g/mol. The van der Waals surface area contributed by atoms with Gasteiger partial charge in [0.05, 0.1) is 10.4 Å². The van der Waals surface area contributed by atoms with Crippen molar-refractivity contribution in [2.75, 3.05) is 13.1 Å². The second-order valence-electron chi connectivity index (χ2n) is 4.95. The van der Waals surface area contributed by atoms with E-state index >= 15 is 0 Å². The first-order valence-electron chi connectivity index (χ1n) is 5.88. The molecule has 17 heavy (non-hydrogen) atoms. The molecule has 1 atom stereocenters. The zero-order chi connectivity index (χ0) is 12.0. The first-order chi connectivity index (χ1) is 8.10. The van der Waals surface area contributed by atoms with Crippen LogP contribution in [0, 0.1) is 0 Å². The molecular formula is C12H15NO3S. The number of aromatic carboxylic acids is 1. The average Bonchev–Trinajstić information content (AvgIpc) is 2.87. The number of likely N-dealkylation sites (tertiary alicyclic amines) is 1. The first-order valence-corrected chi connectivity index (χ1v) is 6.76. The van der Waals surface area contributed by atoms with E-state index in [9.17, 15) is 9.90 Å². The molecule has 1 saturated heterocycles. The molecule has 1 aromatic heterocycles. The first kappa shape index (κ1) is 11.2. The maximum atomic E-state index is 11.1. The van der Waals surface area contributed by atoms with Crippen molar-refractivity contribution >= 4 is 17.3 Å². The normalized spacial score (nSPS) is 29.7. The zero-order valence-electron chi connectivity index (χ0n) is 9.43. The third-order valence-electron chi connectivity index (χ3n) is 3.66. The van der Waals surface area contributed by atoms with Gasteiger partial charge in [0.25, 0.3) is 0 Å². The predicted molar refractivity (Wildman–Crippen MR) is 64.4 cm³/mol. The number of hydrogen-bond acceptors (Lipinski definition) is 4. The number of carboxylic acids is 1. The number of thiophene rings is 1. The van der Waals surface area contributed by atoms with Crippen LogP contribution in [-0.4, -0.2) is 40.2 Å². The van der Waals surface area contributed by atoms with Crippen molar-refractivity contribution in [3.05, 3.63) is 21.9 Å². The Hall–Kier alpha value is -0.910. The minimum Gasteiger partial charge on any atom is -0.478 e. The summed E-state index contributed by atoms with van der Waals surface area (Å²) in [5.74, 6) is -0.945. The number of aliphatic hydroxyl groups is 1. The number of carbonyl (C=O) groups is 1. The lowest BCUT2D eigenvalue weighted by Gasteiger charge is -2.23. The minimum absolute atomic E-state index is 0.259. The van der Waals surface area contributed by atoms with E-state index in [0.29, 0.717) is 23.9 Å². The van der Waals surface area contributed by atoms with Gasteiger partial charge in [-0.1, -0.05) is 0 Å². The number of hydrogen-bond donors (Lipinski definition) is 2. The SMILES string of the molecule is O=C(O)c1ccsc1C1(O)CCN(C2CC2)C1. The van der Waals surface area contributed by atoms with E-state index < -0.39 is 11.6 Å². The molecule has 1 saturated carbocycles. The van der Waals surface area contributed by atoms with Gasteiger partial charge in [0, 0.05) is 19.1 Å². The van der Waals surface area contributed by atoms with Gasteiger partial charge in [0.1, 0.15) is 5.60 Å². The highest BCUT2D eigenvalue weighted by atomic mass is 32.1. The summed E-state index contributed by atoms with van der Waals surface area (Å²) in [7, 11) is 0. The molecule has 0 bridgehead atoms. The van der Waals surface area contributed by atoms with Crippen molar-refractivity contribution in [1.82, 2.24) is 4.90 Å². The molecule has 2 N–H and O–H groups in total. The van der Waals surface area contributed by atoms with Crippen molar-refractivity contribution in [2.45, 2.75) is 30.9 Å². The summed E-state index contributed by atoms with van der Waals surface area (Å²) in [6, 6.07) is 2.21. The van der Waals surface area contributed by atoms with Crippen LogP contribution in [0.15, 0.2) is 11.4 Å². The summed E-state index contributed by atoms with van der Waals surface area (Å²) in [5.41, 5.74) is -0.694. The Balaban J connectivity index is 1.87. The van der Waals surface area contributed by atoms with E-state index in [0.717, 1.165) is 6.54 Å². The number of β-amino-alcohol motifs (C(OH)–C–C–N with tert-alkyl or cyclic N) is 1. The summed E-state index contributed by atoms with van der Waals surface area (Å²) in [4.78, 5) is 14.0. The van der Waals surface area contributed by atoms with Crippen molar-refractivity contribution in [3.63, 3.8) is 0 Å². The fourth-order valence-corrected chi connectivity index (χ4v) is 3.61. The van der Waals surface area contributed by atoms with Crippen LogP contribution < -0.4 is 0 Å². The summed E-state index contributed by atoms with van der Waals surface area (Å²) >= 11 is 1.35. The van der Waals surface area contributed by atoms with Crippen LogP contribution in [0.5, 0.6) is 0 Å². The van der Waals surface area contributed by atoms with Crippen molar-refractivity contribution in [3.8, 4) is 0 Å². The Labute approximate surface area is 103 Å². The van der Waals surface area contributed by atoms with E-state index in [4.69, 9.17) is 5.11 Å². The van der Waals surface area contributed by atoms with E-state index in [2.05, 4.69) is 4.90 Å². The van der Waals surface area contributed by atoms with E-state index in [1.54, 1.807) is 11.4 Å². The topological polar surface area (TPSA) is 60.8 Å². The minimum atomic E-state index is -0.954. The molecule has 0 spiro atoms. The molecule has 1 aliphatic carbocycles. The van der Waals surface area contributed by atoms with E-state index in [-0.39, 0.29) is 5.56 Å². The van der Waals surface area contributed by atoms with Gasteiger partial charge in [-0.3, -0.25) is 4.90 Å². The molecule has 2 aliphatic rings. The smallest absolute Gasteiger partial charge is 0.336 e. The van der Waals surface area contributed by atoms with Crippen LogP contribution in [0.3, 0.4) is 0 Å². The third-order valence-corrected chi connectivity index (χ3v) is 4.77. The largest absolute Gasteiger partial charge is 0.478 e. The van der Waals surface area contributed by atoms with Gasteiger partial charge >= 0.3 is 5.97 Å². The fourth-order valence-electron chi connectivity index (χ4n) is 2.60. The van der Waals surface area contributed by atoms with Crippen LogP contribution >= 0.6 is 11.3 Å². The Bertz CT molecular complexity index is 454. The molecule has 2 heterocycles. The average molecular weight is 253 g/mol. The highest BCUT2D eigenvalue weighted by molar-refractivity contribution is 7.10. The Morgan fingerprint density at radius 3 is 2.94 bits per heavy atom. The molecule has 3 rings (SSSR count). The quantitative estimate of drug-likeness (QED) is 0.857. The van der Waals surface area contributed by atoms with Crippen molar-refractivity contribution < 1.29 is 15.0 Å². The lowest BCUT2D eigenvalue weighted by molar-refractivity contribution is 0.0452. The molecule has 1 aliphatic heterocycles. The van der Waals surface area contributed by atoms with Crippen molar-refractivity contribution in [2.24, 2.45) is 0 Å². The van der Waals surface area contributed by atoms with E-state index in [1.807, 2.05) is 0 Å². The van der Waals surface area contributed by atoms with Gasteiger partial charge < -0.3 is 10.2 Å². The summed E-state index contributed by atoms with van der Waals surface area (Å²) in [6.07, 6.45) is 3.07. The molecule has 1 aromatic rings. The fraction of sp³-hybridized carbons (Fsp3) is 0.583. The molecule has 0 amide bonds. The maximum Gasteiger partial charge on any atom is 0.336 e. The van der Waals surface area contributed by atoms with Crippen LogP contribution in [0.4, 0.5) is 0 Å². The van der Waals surface area contributed by atoms with Gasteiger partial charge in [-0.25, -0.2) is 4.79 Å². The molecule has 5 heteroatoms. The zero-order valence-corrected chi connectivity index (χ0v) is 10.2. The Kier molecular flexibility index (Phi) is 2.50. The van der Waals surface area contributed by atoms with Gasteiger partial charge in [0.2, 0.25) is 0 Å². The standard InChI is InChI=1S/C12H15NO3S/c14-11(15)9-3-6-17-10(9)12(16)4-5-13(7-12)8-1-2-8/h3,6,8,16H,1-2,4-5,7H2,(H,14,15). The van der Waals surface area contributed by atoms with Gasteiger partial charge in [-0.15, -0.1) is 11.3 Å². The van der Waals surface area contributed by atoms with Gasteiger partial charge in [-0.05, 0) is 30.7 Å². The lowest BCUT2D eigenvalue weighted by Crippen LogP contribution is -2.32. The molecule has 0 radical (unpaired) electrons. The van der Waals surface area contributed by atoms with Crippen LogP contribution in [0.1, 0.15) is 34.5 Å². The summed E-state index contributed by atoms with van der Waals surface area (Å²) < 4.78 is 0. The highest BCUT2D eigenvalue weighted by Crippen LogP contribution is 2.41. The van der Waals surface area contributed by atoms with Gasteiger partial charge in [-0.2, -0.15) is 0 Å². The molecule has 4 nitrogen and oxygen atoms in total. The highest BCUT2D eigenvalue weighted by Gasteiger charge is 2.45. The van der Waals surface area contributed by atoms with Crippen LogP contribution in [-0.2, 0) is 5.60 Å². The second-order valence-corrected chi connectivity index (χ2v) is 5.87. The Morgan fingerprint density at radius 1 is 1.53 bits per heavy atom. The van der Waals surface area contributed by atoms with Gasteiger partial charge in [0.15, 0.2) is 0 Å². The van der Waals surface area contributed by atoms with Crippen LogP contribution in [0.25, 0.3) is 0 Å². The lowest BCUT2D eigenvalue weighted by atomic mass is 9.98. The van der Waals surface area contributed by atoms with Crippen LogP contribution in [0.2, 0.25) is 0 Å². The molecule has 0 aromatic carbocycles.